The quantitative estimate of drug-likeness (QED) is 0.0821. The first-order valence-electron chi connectivity index (χ1n) is 11.4. The third kappa shape index (κ3) is 20.3. The summed E-state index contributed by atoms with van der Waals surface area (Å²) in [6.07, 6.45) is 11.6. The fourth-order valence-electron chi connectivity index (χ4n) is 3.05. The zero-order valence-corrected chi connectivity index (χ0v) is 22.3. The third-order valence-electron chi connectivity index (χ3n) is 4.60. The molecule has 0 aliphatic heterocycles. The summed E-state index contributed by atoms with van der Waals surface area (Å²) in [6.45, 7) is 2.26. The summed E-state index contributed by atoms with van der Waals surface area (Å²) < 4.78 is 67.7. The number of hydrogen-bond donors (Lipinski definition) is 1. The van der Waals surface area contributed by atoms with Crippen LogP contribution in [0.25, 0.3) is 0 Å². The molecule has 196 valence electrons. The number of rotatable bonds is 14. The van der Waals surface area contributed by atoms with E-state index in [1.807, 2.05) is 18.2 Å². The number of benzene rings is 2. The number of hydrogen-bond acceptors (Lipinski definition) is 2. The van der Waals surface area contributed by atoms with E-state index in [9.17, 15) is 30.3 Å². The molecule has 0 aromatic heterocycles. The Balaban J connectivity index is 0.000000718. The summed E-state index contributed by atoms with van der Waals surface area (Å²) in [7, 11) is -10.7. The Morgan fingerprint density at radius 1 is 0.735 bits per heavy atom. The van der Waals surface area contributed by atoms with Crippen LogP contribution in [0.15, 0.2) is 54.6 Å². The van der Waals surface area contributed by atoms with Crippen molar-refractivity contribution < 1.29 is 56.2 Å². The number of aliphatic hydroxyl groups is 1. The van der Waals surface area contributed by atoms with Crippen molar-refractivity contribution in [3.63, 3.8) is 0 Å². The van der Waals surface area contributed by atoms with Crippen LogP contribution < -0.4 is 25.9 Å². The molecule has 34 heavy (non-hydrogen) atoms. The van der Waals surface area contributed by atoms with Gasteiger partial charge in [0.05, 0.1) is 0 Å². The maximum atomic E-state index is 10.3. The maximum absolute atomic E-state index is 10.7. The van der Waals surface area contributed by atoms with E-state index in [-0.39, 0.29) is 21.2 Å². The zero-order valence-electron chi connectivity index (χ0n) is 19.3. The Kier molecular flexibility index (Phi) is 12.6. The number of unbranched alkanes of at least 4 members (excludes halogenated alkanes) is 8. The SMILES string of the molecule is CCCCCCCCCCCC(O)Oc1ccccc1[I+]c1ccccc1.F[P-](F)(F)(F)(F)F. The predicted molar refractivity (Wildman–Crippen MR) is 122 cm³/mol. The molecule has 0 aliphatic carbocycles. The number of para-hydroxylation sites is 1. The first-order chi connectivity index (χ1) is 15.7. The number of aliphatic hydroxyl groups excluding tert-OH is 1. The molecule has 0 saturated heterocycles. The molecule has 0 heterocycles. The van der Waals surface area contributed by atoms with E-state index >= 15 is 0 Å². The van der Waals surface area contributed by atoms with Crippen LogP contribution in [0.2, 0.25) is 0 Å². The Hall–Kier alpha value is -1.06. The number of ether oxygens (including phenoxy) is 1. The Labute approximate surface area is 208 Å². The summed E-state index contributed by atoms with van der Waals surface area (Å²) in [6, 6.07) is 18.7. The summed E-state index contributed by atoms with van der Waals surface area (Å²) in [4.78, 5) is 0. The van der Waals surface area contributed by atoms with Gasteiger partial charge < -0.3 is 9.84 Å². The summed E-state index contributed by atoms with van der Waals surface area (Å²) in [5.74, 6) is 0.845. The monoisotopic (exact) mass is 626 g/mol. The van der Waals surface area contributed by atoms with Gasteiger partial charge in [0.1, 0.15) is 0 Å². The molecule has 0 fully saturated rings. The second kappa shape index (κ2) is 13.9. The molecule has 10 heteroatoms. The van der Waals surface area contributed by atoms with Crippen LogP contribution in [0, 0.1) is 7.14 Å². The second-order valence-corrected chi connectivity index (χ2v) is 12.8. The van der Waals surface area contributed by atoms with Crippen molar-refractivity contribution in [3.05, 3.63) is 61.7 Å². The topological polar surface area (TPSA) is 29.5 Å². The fourth-order valence-corrected chi connectivity index (χ4v) is 5.45. The molecule has 0 spiro atoms. The van der Waals surface area contributed by atoms with Gasteiger partial charge in [0.15, 0.2) is 15.6 Å². The summed E-state index contributed by atoms with van der Waals surface area (Å²) >= 11 is -0.290. The van der Waals surface area contributed by atoms with Gasteiger partial charge in [0.25, 0.3) is 0 Å². The molecule has 1 unspecified atom stereocenters. The molecule has 0 bridgehead atoms. The molecule has 2 aromatic carbocycles. The van der Waals surface area contributed by atoms with Crippen LogP contribution >= 0.6 is 7.81 Å². The van der Waals surface area contributed by atoms with Crippen molar-refractivity contribution in [2.45, 2.75) is 77.4 Å². The summed E-state index contributed by atoms with van der Waals surface area (Å²) in [5, 5.41) is 10.3. The Morgan fingerprint density at radius 2 is 1.21 bits per heavy atom. The van der Waals surface area contributed by atoms with Gasteiger partial charge in [0.2, 0.25) is 3.57 Å². The van der Waals surface area contributed by atoms with E-state index in [0.717, 1.165) is 12.2 Å². The van der Waals surface area contributed by atoms with Gasteiger partial charge in [0, 0.05) is 6.42 Å². The molecule has 2 aromatic rings. The zero-order chi connectivity index (χ0) is 25.6. The average molecular weight is 626 g/mol. The Bertz CT molecular complexity index is 808. The van der Waals surface area contributed by atoms with Gasteiger partial charge in [-0.05, 0) is 30.7 Å². The van der Waals surface area contributed by atoms with E-state index < -0.39 is 14.1 Å². The van der Waals surface area contributed by atoms with Crippen molar-refractivity contribution in [1.29, 1.82) is 0 Å². The van der Waals surface area contributed by atoms with Gasteiger partial charge in [-0.3, -0.25) is 0 Å². The van der Waals surface area contributed by atoms with Gasteiger partial charge in [-0.15, -0.1) is 0 Å². The first kappa shape index (κ1) is 31.0. The molecular weight excluding hydrogens is 592 g/mol. The van der Waals surface area contributed by atoms with Gasteiger partial charge in [-0.1, -0.05) is 88.6 Å². The molecule has 2 rings (SSSR count). The predicted octanol–water partition coefficient (Wildman–Crippen LogP) is 6.82. The summed E-state index contributed by atoms with van der Waals surface area (Å²) in [5.41, 5.74) is 0. The average Bonchev–Trinajstić information content (AvgIpc) is 2.72. The second-order valence-electron chi connectivity index (χ2n) is 7.97. The van der Waals surface area contributed by atoms with Gasteiger partial charge in [-0.2, -0.15) is 0 Å². The van der Waals surface area contributed by atoms with E-state index in [2.05, 4.69) is 43.3 Å². The van der Waals surface area contributed by atoms with Gasteiger partial charge >= 0.3 is 54.2 Å². The molecule has 1 atom stereocenters. The van der Waals surface area contributed by atoms with E-state index in [1.54, 1.807) is 0 Å². The van der Waals surface area contributed by atoms with E-state index in [1.165, 1.54) is 58.5 Å². The normalized spacial score (nSPS) is 14.4. The minimum atomic E-state index is -10.7. The van der Waals surface area contributed by atoms with Crippen molar-refractivity contribution in [1.82, 2.24) is 0 Å². The molecule has 0 saturated carbocycles. The van der Waals surface area contributed by atoms with E-state index in [4.69, 9.17) is 4.74 Å². The van der Waals surface area contributed by atoms with Crippen LogP contribution in [-0.2, 0) is 0 Å². The van der Waals surface area contributed by atoms with Crippen LogP contribution in [0.5, 0.6) is 5.75 Å². The van der Waals surface area contributed by atoms with Crippen molar-refractivity contribution >= 4 is 7.81 Å². The van der Waals surface area contributed by atoms with Crippen molar-refractivity contribution in [2.24, 2.45) is 0 Å². The fraction of sp³-hybridized carbons (Fsp3) is 0.500. The van der Waals surface area contributed by atoms with Crippen LogP contribution in [0.3, 0.4) is 0 Å². The minimum absolute atomic E-state index is 0.290. The van der Waals surface area contributed by atoms with Gasteiger partial charge in [-0.25, -0.2) is 0 Å². The van der Waals surface area contributed by atoms with Crippen LogP contribution in [0.1, 0.15) is 71.1 Å². The molecular formula is C24H34F6IO2P. The van der Waals surface area contributed by atoms with E-state index in [0.29, 0.717) is 6.42 Å². The molecule has 1 N–H and O–H groups in total. The Morgan fingerprint density at radius 3 is 1.76 bits per heavy atom. The third-order valence-corrected chi connectivity index (χ3v) is 7.41. The van der Waals surface area contributed by atoms with Crippen LogP contribution in [-0.4, -0.2) is 11.4 Å². The van der Waals surface area contributed by atoms with Crippen molar-refractivity contribution in [3.8, 4) is 5.75 Å². The molecule has 0 aliphatic rings. The van der Waals surface area contributed by atoms with Crippen LogP contribution in [0.4, 0.5) is 25.2 Å². The standard InChI is InChI=1S/C24H34IO2.F6P/c1-2-3-4-5-6-7-8-9-13-20-24(26)27-23-19-15-14-18-22(23)25-21-16-11-10-12-17-21;1-7(2,3,4,5)6/h10-12,14-19,24,26H,2-9,13,20H2,1H3;/q+1;-1. The number of halogens is 7. The molecule has 0 radical (unpaired) electrons. The van der Waals surface area contributed by atoms with Crippen molar-refractivity contribution in [2.75, 3.05) is 0 Å². The first-order valence-corrected chi connectivity index (χ1v) is 15.6. The molecule has 0 amide bonds. The molecule has 2 nitrogen and oxygen atoms in total.